The third kappa shape index (κ3) is 5.87. The van der Waals surface area contributed by atoms with E-state index in [-0.39, 0.29) is 24.2 Å². The summed E-state index contributed by atoms with van der Waals surface area (Å²) in [5.41, 5.74) is 1.13. The minimum atomic E-state index is -2.81. The molecule has 1 atom stereocenters. The second-order valence-corrected chi connectivity index (χ2v) is 7.04. The molecule has 150 valence electrons. The fourth-order valence-corrected chi connectivity index (χ4v) is 3.55. The van der Waals surface area contributed by atoms with E-state index in [0.717, 1.165) is 5.56 Å². The summed E-state index contributed by atoms with van der Waals surface area (Å²) < 4.78 is 26.6. The summed E-state index contributed by atoms with van der Waals surface area (Å²) in [6.07, 6.45) is 1.36. The van der Waals surface area contributed by atoms with E-state index in [1.165, 1.54) is 0 Å². The summed E-state index contributed by atoms with van der Waals surface area (Å²) in [6, 6.07) is 9.04. The normalized spacial score (nSPS) is 22.1. The first-order chi connectivity index (χ1) is 12.4. The van der Waals surface area contributed by atoms with Crippen molar-refractivity contribution in [3.63, 3.8) is 0 Å². The minimum Gasteiger partial charge on any atom is -0.341 e. The number of carbonyl (C=O) groups excluding carboxylic acids is 2. The van der Waals surface area contributed by atoms with E-state index in [1.807, 2.05) is 30.3 Å². The smallest absolute Gasteiger partial charge is 0.262 e. The second kappa shape index (κ2) is 9.46. The number of nitrogens with zero attached hydrogens (tertiary/aromatic N) is 2. The van der Waals surface area contributed by atoms with Gasteiger partial charge in [-0.05, 0) is 18.4 Å². The largest absolute Gasteiger partial charge is 0.341 e. The van der Waals surface area contributed by atoms with Crippen LogP contribution in [0.2, 0.25) is 0 Å². The zero-order valence-electron chi connectivity index (χ0n) is 15.2. The number of amides is 2. The highest BCUT2D eigenvalue weighted by Gasteiger charge is 2.43. The van der Waals surface area contributed by atoms with Gasteiger partial charge < -0.3 is 9.80 Å². The number of benzene rings is 1. The van der Waals surface area contributed by atoms with Gasteiger partial charge in [-0.1, -0.05) is 30.3 Å². The molecule has 8 heteroatoms. The van der Waals surface area contributed by atoms with Crippen LogP contribution in [0.3, 0.4) is 0 Å². The summed E-state index contributed by atoms with van der Waals surface area (Å²) in [4.78, 5) is 28.3. The maximum absolute atomic E-state index is 13.3. The molecule has 1 N–H and O–H groups in total. The predicted octanol–water partition coefficient (Wildman–Crippen LogP) is 2.10. The predicted molar refractivity (Wildman–Crippen MR) is 101 cm³/mol. The minimum absolute atomic E-state index is 0. The Balaban J connectivity index is 0.00000261. The van der Waals surface area contributed by atoms with Gasteiger partial charge in [-0.15, -0.1) is 12.4 Å². The van der Waals surface area contributed by atoms with Gasteiger partial charge in [-0.3, -0.25) is 14.9 Å². The summed E-state index contributed by atoms with van der Waals surface area (Å²) in [5.74, 6) is -3.01. The highest BCUT2D eigenvalue weighted by molar-refractivity contribution is 5.85. The molecular formula is C19H26ClF2N3O2. The maximum Gasteiger partial charge on any atom is 0.262 e. The van der Waals surface area contributed by atoms with Crippen LogP contribution in [-0.2, 0) is 16.0 Å². The van der Waals surface area contributed by atoms with Crippen LogP contribution in [0, 0.1) is 0 Å². The molecule has 27 heavy (non-hydrogen) atoms. The number of aryl methyl sites for hydroxylation is 1. The van der Waals surface area contributed by atoms with Crippen LogP contribution < -0.4 is 5.32 Å². The molecule has 2 fully saturated rings. The molecule has 0 saturated carbocycles. The molecule has 0 spiro atoms. The molecule has 2 aliphatic rings. The van der Waals surface area contributed by atoms with Gasteiger partial charge in [0, 0.05) is 39.0 Å². The van der Waals surface area contributed by atoms with E-state index in [2.05, 4.69) is 5.32 Å². The lowest BCUT2D eigenvalue weighted by Crippen LogP contribution is -2.45. The van der Waals surface area contributed by atoms with E-state index in [1.54, 1.807) is 9.80 Å². The van der Waals surface area contributed by atoms with Crippen LogP contribution in [0.4, 0.5) is 8.78 Å². The average Bonchev–Trinajstić information content (AvgIpc) is 2.85. The second-order valence-electron chi connectivity index (χ2n) is 7.04. The van der Waals surface area contributed by atoms with Gasteiger partial charge in [0.1, 0.15) is 0 Å². The number of halogens is 3. The Bertz CT molecular complexity index is 645. The van der Waals surface area contributed by atoms with Crippen LogP contribution in [-0.4, -0.2) is 66.3 Å². The standard InChI is InChI=1S/C19H25F2N3O2.ClH/c20-19(21)13-16(22-14-19)18(26)24-10-4-9-23(11-12-24)17(25)8-7-15-5-2-1-3-6-15;/h1-3,5-6,16,22H,4,7-14H2;1H. The maximum atomic E-state index is 13.3. The molecule has 0 aromatic heterocycles. The molecular weight excluding hydrogens is 376 g/mol. The molecule has 5 nitrogen and oxygen atoms in total. The quantitative estimate of drug-likeness (QED) is 0.840. The Kier molecular flexibility index (Phi) is 7.56. The molecule has 0 bridgehead atoms. The number of rotatable bonds is 4. The van der Waals surface area contributed by atoms with Gasteiger partial charge in [-0.2, -0.15) is 0 Å². The third-order valence-corrected chi connectivity index (χ3v) is 5.04. The van der Waals surface area contributed by atoms with Gasteiger partial charge >= 0.3 is 0 Å². The zero-order chi connectivity index (χ0) is 18.6. The molecule has 1 unspecified atom stereocenters. The first-order valence-electron chi connectivity index (χ1n) is 9.16. The summed E-state index contributed by atoms with van der Waals surface area (Å²) in [6.45, 7) is 1.53. The van der Waals surface area contributed by atoms with Crippen LogP contribution in [0.5, 0.6) is 0 Å². The Morgan fingerprint density at radius 2 is 1.74 bits per heavy atom. The highest BCUT2D eigenvalue weighted by Crippen LogP contribution is 2.26. The molecule has 2 amide bonds. The number of nitrogens with one attached hydrogen (secondary N) is 1. The highest BCUT2D eigenvalue weighted by atomic mass is 35.5. The Morgan fingerprint density at radius 3 is 2.41 bits per heavy atom. The molecule has 2 heterocycles. The van der Waals surface area contributed by atoms with Crippen molar-refractivity contribution in [1.29, 1.82) is 0 Å². The van der Waals surface area contributed by atoms with Crippen molar-refractivity contribution in [3.05, 3.63) is 35.9 Å². The van der Waals surface area contributed by atoms with E-state index in [4.69, 9.17) is 0 Å². The lowest BCUT2D eigenvalue weighted by atomic mass is 10.1. The number of alkyl halides is 2. The van der Waals surface area contributed by atoms with Gasteiger partial charge in [0.2, 0.25) is 11.8 Å². The topological polar surface area (TPSA) is 52.7 Å². The number of hydrogen-bond donors (Lipinski definition) is 1. The van der Waals surface area contributed by atoms with Gasteiger partial charge in [-0.25, -0.2) is 8.78 Å². The lowest BCUT2D eigenvalue weighted by Gasteiger charge is -2.24. The van der Waals surface area contributed by atoms with E-state index < -0.39 is 24.9 Å². The van der Waals surface area contributed by atoms with Crippen molar-refractivity contribution >= 4 is 24.2 Å². The fourth-order valence-electron chi connectivity index (χ4n) is 3.55. The van der Waals surface area contributed by atoms with Crippen LogP contribution >= 0.6 is 12.4 Å². The third-order valence-electron chi connectivity index (χ3n) is 5.04. The molecule has 2 saturated heterocycles. The molecule has 2 aliphatic heterocycles. The molecule has 1 aromatic carbocycles. The Labute approximate surface area is 164 Å². The van der Waals surface area contributed by atoms with E-state index >= 15 is 0 Å². The number of carbonyl (C=O) groups is 2. The van der Waals surface area contributed by atoms with Crippen molar-refractivity contribution in [2.75, 3.05) is 32.7 Å². The van der Waals surface area contributed by atoms with Gasteiger partial charge in [0.25, 0.3) is 5.92 Å². The van der Waals surface area contributed by atoms with Crippen molar-refractivity contribution in [1.82, 2.24) is 15.1 Å². The average molecular weight is 402 g/mol. The fraction of sp³-hybridized carbons (Fsp3) is 0.579. The SMILES string of the molecule is Cl.O=C(CCc1ccccc1)N1CCCN(C(=O)C2CC(F)(F)CN2)CC1. The molecule has 0 aliphatic carbocycles. The zero-order valence-corrected chi connectivity index (χ0v) is 16.0. The first-order valence-corrected chi connectivity index (χ1v) is 9.16. The Morgan fingerprint density at radius 1 is 1.07 bits per heavy atom. The summed E-state index contributed by atoms with van der Waals surface area (Å²) in [7, 11) is 0. The van der Waals surface area contributed by atoms with Crippen molar-refractivity contribution in [2.45, 2.75) is 37.6 Å². The first kappa shape index (κ1) is 21.6. The van der Waals surface area contributed by atoms with E-state index in [9.17, 15) is 18.4 Å². The summed E-state index contributed by atoms with van der Waals surface area (Å²) in [5, 5.41) is 2.62. The Hall–Kier alpha value is -1.73. The van der Waals surface area contributed by atoms with Crippen LogP contribution in [0.1, 0.15) is 24.8 Å². The lowest BCUT2D eigenvalue weighted by molar-refractivity contribution is -0.135. The van der Waals surface area contributed by atoms with Crippen LogP contribution in [0.25, 0.3) is 0 Å². The monoisotopic (exact) mass is 401 g/mol. The van der Waals surface area contributed by atoms with Crippen molar-refractivity contribution in [3.8, 4) is 0 Å². The summed E-state index contributed by atoms with van der Waals surface area (Å²) >= 11 is 0. The molecule has 3 rings (SSSR count). The van der Waals surface area contributed by atoms with Crippen molar-refractivity contribution in [2.24, 2.45) is 0 Å². The molecule has 1 aromatic rings. The van der Waals surface area contributed by atoms with Gasteiger partial charge in [0.15, 0.2) is 0 Å². The van der Waals surface area contributed by atoms with Gasteiger partial charge in [0.05, 0.1) is 12.6 Å². The van der Waals surface area contributed by atoms with Crippen LogP contribution in [0.15, 0.2) is 30.3 Å². The number of hydrogen-bond acceptors (Lipinski definition) is 3. The van der Waals surface area contributed by atoms with Crippen molar-refractivity contribution < 1.29 is 18.4 Å². The molecule has 0 radical (unpaired) electrons. The van der Waals surface area contributed by atoms with E-state index in [0.29, 0.717) is 45.4 Å².